The van der Waals surface area contributed by atoms with Crippen LogP contribution in [-0.4, -0.2) is 24.4 Å². The van der Waals surface area contributed by atoms with Gasteiger partial charge in [0.05, 0.1) is 0 Å². The summed E-state index contributed by atoms with van der Waals surface area (Å²) in [6, 6.07) is 9.35. The number of halogens is 1. The summed E-state index contributed by atoms with van der Waals surface area (Å²) in [6.45, 7) is 0.779. The summed E-state index contributed by atoms with van der Waals surface area (Å²) in [7, 11) is 0. The van der Waals surface area contributed by atoms with Crippen LogP contribution in [0.15, 0.2) is 30.3 Å². The van der Waals surface area contributed by atoms with E-state index in [9.17, 15) is 4.79 Å². The van der Waals surface area contributed by atoms with Gasteiger partial charge in [-0.3, -0.25) is 4.79 Å². The lowest BCUT2D eigenvalue weighted by molar-refractivity contribution is -0.123. The number of hydrogen-bond acceptors (Lipinski definition) is 2. The third-order valence-electron chi connectivity index (χ3n) is 3.18. The Hall–Kier alpha value is -1.22. The van der Waals surface area contributed by atoms with Gasteiger partial charge in [-0.2, -0.15) is 0 Å². The molecule has 98 valence electrons. The first-order chi connectivity index (χ1) is 8.74. The van der Waals surface area contributed by atoms with Gasteiger partial charge in [0.1, 0.15) is 5.75 Å². The maximum Gasteiger partial charge on any atom is 0.257 e. The summed E-state index contributed by atoms with van der Waals surface area (Å²) in [4.78, 5) is 11.6. The molecule has 2 unspecified atom stereocenters. The molecule has 1 amide bonds. The quantitative estimate of drug-likeness (QED) is 0.833. The Morgan fingerprint density at radius 1 is 1.33 bits per heavy atom. The van der Waals surface area contributed by atoms with Crippen molar-refractivity contribution in [3.8, 4) is 5.75 Å². The molecule has 1 fully saturated rings. The number of para-hydroxylation sites is 1. The van der Waals surface area contributed by atoms with E-state index in [0.29, 0.717) is 18.2 Å². The fourth-order valence-corrected chi connectivity index (χ4v) is 2.55. The molecular formula is C14H18ClNO2. The Morgan fingerprint density at radius 3 is 2.78 bits per heavy atom. The van der Waals surface area contributed by atoms with E-state index in [-0.39, 0.29) is 17.9 Å². The van der Waals surface area contributed by atoms with Crippen LogP contribution in [0.25, 0.3) is 0 Å². The molecule has 18 heavy (non-hydrogen) atoms. The molecule has 0 aromatic heterocycles. The molecule has 4 heteroatoms. The molecule has 2 rings (SSSR count). The number of hydrogen-bond donors (Lipinski definition) is 1. The van der Waals surface area contributed by atoms with Crippen LogP contribution in [0.5, 0.6) is 5.75 Å². The van der Waals surface area contributed by atoms with Crippen LogP contribution in [0.4, 0.5) is 0 Å². The standard InChI is InChI=1S/C14H18ClNO2/c15-12-7-6-11(8-12)9-16-14(17)10-18-13-4-2-1-3-5-13/h1-5,11-12H,6-10H2,(H,16,17). The highest BCUT2D eigenvalue weighted by atomic mass is 35.5. The van der Waals surface area contributed by atoms with Crippen molar-refractivity contribution in [2.45, 2.75) is 24.6 Å². The Labute approximate surface area is 112 Å². The summed E-state index contributed by atoms with van der Waals surface area (Å²) < 4.78 is 5.37. The maximum absolute atomic E-state index is 11.6. The van der Waals surface area contributed by atoms with Crippen LogP contribution in [0, 0.1) is 5.92 Å². The lowest BCUT2D eigenvalue weighted by atomic mass is 10.1. The van der Waals surface area contributed by atoms with Crippen molar-refractivity contribution >= 4 is 17.5 Å². The summed E-state index contributed by atoms with van der Waals surface area (Å²) in [5.41, 5.74) is 0. The van der Waals surface area contributed by atoms with Gasteiger partial charge in [-0.25, -0.2) is 0 Å². The fourth-order valence-electron chi connectivity index (χ4n) is 2.17. The van der Waals surface area contributed by atoms with Gasteiger partial charge < -0.3 is 10.1 Å². The van der Waals surface area contributed by atoms with Gasteiger partial charge in [0.2, 0.25) is 0 Å². The average molecular weight is 268 g/mol. The number of alkyl halides is 1. The highest BCUT2D eigenvalue weighted by Gasteiger charge is 2.22. The van der Waals surface area contributed by atoms with Gasteiger partial charge in [0.25, 0.3) is 5.91 Å². The van der Waals surface area contributed by atoms with E-state index in [4.69, 9.17) is 16.3 Å². The molecule has 1 N–H and O–H groups in total. The highest BCUT2D eigenvalue weighted by Crippen LogP contribution is 2.28. The van der Waals surface area contributed by atoms with Crippen LogP contribution >= 0.6 is 11.6 Å². The summed E-state index contributed by atoms with van der Waals surface area (Å²) in [6.07, 6.45) is 3.16. The summed E-state index contributed by atoms with van der Waals surface area (Å²) in [5.74, 6) is 1.17. The van der Waals surface area contributed by atoms with Crippen molar-refractivity contribution < 1.29 is 9.53 Å². The van der Waals surface area contributed by atoms with Crippen LogP contribution in [0.1, 0.15) is 19.3 Å². The third kappa shape index (κ3) is 4.22. The molecule has 0 radical (unpaired) electrons. The predicted molar refractivity (Wildman–Crippen MR) is 71.9 cm³/mol. The molecule has 1 aromatic rings. The van der Waals surface area contributed by atoms with Crippen molar-refractivity contribution in [2.24, 2.45) is 5.92 Å². The maximum atomic E-state index is 11.6. The second kappa shape index (κ2) is 6.64. The first-order valence-corrected chi connectivity index (χ1v) is 6.76. The molecular weight excluding hydrogens is 250 g/mol. The van der Waals surface area contributed by atoms with E-state index in [2.05, 4.69) is 5.32 Å². The zero-order valence-electron chi connectivity index (χ0n) is 10.3. The molecule has 3 nitrogen and oxygen atoms in total. The number of amides is 1. The Kier molecular flexibility index (Phi) is 4.88. The SMILES string of the molecule is O=C(COc1ccccc1)NCC1CCC(Cl)C1. The predicted octanol–water partition coefficient (Wildman–Crippen LogP) is 2.59. The lowest BCUT2D eigenvalue weighted by Crippen LogP contribution is -2.32. The Bertz CT molecular complexity index is 383. The minimum atomic E-state index is -0.0723. The van der Waals surface area contributed by atoms with Crippen molar-refractivity contribution in [3.05, 3.63) is 30.3 Å². The monoisotopic (exact) mass is 267 g/mol. The van der Waals surface area contributed by atoms with Crippen LogP contribution in [0.2, 0.25) is 0 Å². The molecule has 0 bridgehead atoms. The van der Waals surface area contributed by atoms with Crippen LogP contribution < -0.4 is 10.1 Å². The Balaban J connectivity index is 1.63. The van der Waals surface area contributed by atoms with Gasteiger partial charge in [-0.05, 0) is 37.3 Å². The van der Waals surface area contributed by atoms with E-state index in [1.54, 1.807) is 0 Å². The largest absolute Gasteiger partial charge is 0.484 e. The number of carbonyl (C=O) groups is 1. The van der Waals surface area contributed by atoms with E-state index in [1.807, 2.05) is 30.3 Å². The van der Waals surface area contributed by atoms with Crippen molar-refractivity contribution in [3.63, 3.8) is 0 Å². The van der Waals surface area contributed by atoms with E-state index in [1.165, 1.54) is 0 Å². The number of nitrogens with one attached hydrogen (secondary N) is 1. The summed E-state index contributed by atoms with van der Waals surface area (Å²) in [5, 5.41) is 3.18. The summed E-state index contributed by atoms with van der Waals surface area (Å²) >= 11 is 6.03. The van der Waals surface area contributed by atoms with E-state index < -0.39 is 0 Å². The third-order valence-corrected chi connectivity index (χ3v) is 3.57. The van der Waals surface area contributed by atoms with Gasteiger partial charge in [-0.15, -0.1) is 11.6 Å². The molecule has 1 aliphatic rings. The highest BCUT2D eigenvalue weighted by molar-refractivity contribution is 6.20. The Morgan fingerprint density at radius 2 is 2.11 bits per heavy atom. The van der Waals surface area contributed by atoms with Crippen LogP contribution in [0.3, 0.4) is 0 Å². The van der Waals surface area contributed by atoms with Gasteiger partial charge >= 0.3 is 0 Å². The number of carbonyl (C=O) groups excluding carboxylic acids is 1. The van der Waals surface area contributed by atoms with E-state index in [0.717, 1.165) is 19.3 Å². The van der Waals surface area contributed by atoms with Gasteiger partial charge in [0.15, 0.2) is 6.61 Å². The average Bonchev–Trinajstić information content (AvgIpc) is 2.81. The fraction of sp³-hybridized carbons (Fsp3) is 0.500. The molecule has 0 aliphatic heterocycles. The molecule has 0 heterocycles. The zero-order valence-corrected chi connectivity index (χ0v) is 11.0. The first-order valence-electron chi connectivity index (χ1n) is 6.32. The van der Waals surface area contributed by atoms with Crippen LogP contribution in [-0.2, 0) is 4.79 Å². The van der Waals surface area contributed by atoms with Gasteiger partial charge in [-0.1, -0.05) is 18.2 Å². The molecule has 0 saturated heterocycles. The second-order valence-electron chi connectivity index (χ2n) is 4.68. The number of benzene rings is 1. The van der Waals surface area contributed by atoms with Crippen molar-refractivity contribution in [1.82, 2.24) is 5.32 Å². The number of ether oxygens (including phenoxy) is 1. The minimum absolute atomic E-state index is 0.0705. The molecule has 2 atom stereocenters. The second-order valence-corrected chi connectivity index (χ2v) is 5.30. The molecule has 0 spiro atoms. The molecule has 1 saturated carbocycles. The van der Waals surface area contributed by atoms with E-state index >= 15 is 0 Å². The topological polar surface area (TPSA) is 38.3 Å². The number of rotatable bonds is 5. The first kappa shape index (κ1) is 13.2. The van der Waals surface area contributed by atoms with Gasteiger partial charge in [0, 0.05) is 11.9 Å². The van der Waals surface area contributed by atoms with Crippen molar-refractivity contribution in [1.29, 1.82) is 0 Å². The zero-order chi connectivity index (χ0) is 12.8. The molecule has 1 aliphatic carbocycles. The lowest BCUT2D eigenvalue weighted by Gasteiger charge is -2.11. The molecule has 1 aromatic carbocycles. The minimum Gasteiger partial charge on any atom is -0.484 e. The van der Waals surface area contributed by atoms with Crippen molar-refractivity contribution in [2.75, 3.05) is 13.2 Å². The normalized spacial score (nSPS) is 22.7. The smallest absolute Gasteiger partial charge is 0.257 e.